The van der Waals surface area contributed by atoms with Gasteiger partial charge in [0.15, 0.2) is 6.10 Å². The lowest BCUT2D eigenvalue weighted by Gasteiger charge is -2.15. The number of benzene rings is 3. The number of amides is 2. The number of hydrogen-bond acceptors (Lipinski definition) is 3. The lowest BCUT2D eigenvalue weighted by Crippen LogP contribution is -2.30. The molecule has 5 nitrogen and oxygen atoms in total. The number of aryl methyl sites for hydroxylation is 1. The van der Waals surface area contributed by atoms with E-state index >= 15 is 0 Å². The van der Waals surface area contributed by atoms with Crippen LogP contribution in [-0.4, -0.2) is 17.9 Å². The van der Waals surface area contributed by atoms with Crippen molar-refractivity contribution in [2.24, 2.45) is 0 Å². The van der Waals surface area contributed by atoms with E-state index in [2.05, 4.69) is 10.6 Å². The average Bonchev–Trinajstić information content (AvgIpc) is 2.72. The summed E-state index contributed by atoms with van der Waals surface area (Å²) >= 11 is 5.71. The monoisotopic (exact) mass is 426 g/mol. The minimum Gasteiger partial charge on any atom is -0.481 e. The zero-order chi connectivity index (χ0) is 21.7. The van der Waals surface area contributed by atoms with E-state index in [1.807, 2.05) is 31.2 Å². The first-order chi connectivity index (χ1) is 14.3. The molecular weight excluding hydrogens is 407 g/mol. The number of ether oxygens (including phenoxy) is 1. The molecule has 3 aromatic rings. The number of para-hydroxylation sites is 1. The fourth-order valence-corrected chi connectivity index (χ4v) is 2.83. The van der Waals surface area contributed by atoms with Crippen LogP contribution in [0.25, 0.3) is 0 Å². The normalized spacial score (nSPS) is 11.5. The quantitative estimate of drug-likeness (QED) is 0.551. The van der Waals surface area contributed by atoms with E-state index in [1.54, 1.807) is 31.2 Å². The van der Waals surface area contributed by atoms with Gasteiger partial charge in [-0.25, -0.2) is 4.39 Å². The summed E-state index contributed by atoms with van der Waals surface area (Å²) in [4.78, 5) is 24.7. The van der Waals surface area contributed by atoms with Crippen molar-refractivity contribution in [3.63, 3.8) is 0 Å². The molecule has 0 saturated carbocycles. The molecule has 0 aromatic heterocycles. The van der Waals surface area contributed by atoms with Crippen LogP contribution in [-0.2, 0) is 4.79 Å². The summed E-state index contributed by atoms with van der Waals surface area (Å²) in [5, 5.41) is 5.55. The van der Waals surface area contributed by atoms with Gasteiger partial charge in [-0.1, -0.05) is 29.8 Å². The highest BCUT2D eigenvalue weighted by Crippen LogP contribution is 2.20. The Labute approximate surface area is 178 Å². The Hall–Kier alpha value is -3.38. The van der Waals surface area contributed by atoms with E-state index in [-0.39, 0.29) is 16.6 Å². The lowest BCUT2D eigenvalue weighted by molar-refractivity contribution is -0.122. The summed E-state index contributed by atoms with van der Waals surface area (Å²) in [6.07, 6.45) is -0.883. The summed E-state index contributed by atoms with van der Waals surface area (Å²) in [6, 6.07) is 17.9. The Balaban J connectivity index is 1.59. The van der Waals surface area contributed by atoms with Crippen LogP contribution < -0.4 is 15.4 Å². The second kappa shape index (κ2) is 9.41. The van der Waals surface area contributed by atoms with Gasteiger partial charge in [-0.3, -0.25) is 9.59 Å². The van der Waals surface area contributed by atoms with E-state index in [0.717, 1.165) is 17.3 Å². The van der Waals surface area contributed by atoms with Crippen molar-refractivity contribution in [2.45, 2.75) is 20.0 Å². The van der Waals surface area contributed by atoms with Gasteiger partial charge in [0.05, 0.1) is 5.69 Å². The molecule has 0 radical (unpaired) electrons. The Bertz CT molecular complexity index is 1070. The molecule has 2 N–H and O–H groups in total. The molecule has 0 saturated heterocycles. The van der Waals surface area contributed by atoms with E-state index < -0.39 is 17.8 Å². The molecule has 0 unspecified atom stereocenters. The molecule has 0 fully saturated rings. The van der Waals surface area contributed by atoms with Gasteiger partial charge in [0.25, 0.3) is 11.8 Å². The van der Waals surface area contributed by atoms with Crippen molar-refractivity contribution in [1.29, 1.82) is 0 Å². The van der Waals surface area contributed by atoms with Crippen LogP contribution in [0, 0.1) is 12.7 Å². The minimum absolute atomic E-state index is 0.0167. The van der Waals surface area contributed by atoms with Crippen molar-refractivity contribution in [3.05, 3.63) is 88.7 Å². The maximum absolute atomic E-state index is 13.8. The first-order valence-electron chi connectivity index (χ1n) is 9.23. The standard InChI is InChI=1S/C23H20ClFN2O3/c1-14-5-3-4-6-20(14)26-23(29)16-7-10-18(11-8-16)30-15(2)22(28)27-21-12-9-17(24)13-19(21)25/h3-13,15H,1-2H3,(H,26,29)(H,27,28)/t15-/m0/s1. The van der Waals surface area contributed by atoms with Gasteiger partial charge in [0, 0.05) is 16.3 Å². The fraction of sp³-hybridized carbons (Fsp3) is 0.130. The zero-order valence-corrected chi connectivity index (χ0v) is 17.2. The highest BCUT2D eigenvalue weighted by molar-refractivity contribution is 6.30. The highest BCUT2D eigenvalue weighted by Gasteiger charge is 2.17. The molecule has 3 aromatic carbocycles. The molecule has 3 rings (SSSR count). The van der Waals surface area contributed by atoms with Crippen molar-refractivity contribution in [3.8, 4) is 5.75 Å². The molecule has 30 heavy (non-hydrogen) atoms. The molecule has 0 heterocycles. The van der Waals surface area contributed by atoms with E-state index in [9.17, 15) is 14.0 Å². The maximum Gasteiger partial charge on any atom is 0.265 e. The summed E-state index contributed by atoms with van der Waals surface area (Å²) < 4.78 is 19.4. The molecule has 0 aliphatic rings. The van der Waals surface area contributed by atoms with Gasteiger partial charge < -0.3 is 15.4 Å². The summed E-state index contributed by atoms with van der Waals surface area (Å²) in [5.74, 6) is -0.994. The highest BCUT2D eigenvalue weighted by atomic mass is 35.5. The molecule has 0 bridgehead atoms. The topological polar surface area (TPSA) is 67.4 Å². The van der Waals surface area contributed by atoms with Gasteiger partial charge in [0.2, 0.25) is 0 Å². The van der Waals surface area contributed by atoms with Gasteiger partial charge in [-0.15, -0.1) is 0 Å². The second-order valence-electron chi connectivity index (χ2n) is 6.67. The molecule has 2 amide bonds. The van der Waals surface area contributed by atoms with Crippen LogP contribution in [0.15, 0.2) is 66.7 Å². The smallest absolute Gasteiger partial charge is 0.265 e. The van der Waals surface area contributed by atoms with Gasteiger partial charge >= 0.3 is 0 Å². The Morgan fingerprint density at radius 1 is 0.967 bits per heavy atom. The molecule has 1 atom stereocenters. The van der Waals surface area contributed by atoms with Crippen molar-refractivity contribution in [2.75, 3.05) is 10.6 Å². The summed E-state index contributed by atoms with van der Waals surface area (Å²) in [7, 11) is 0. The third-order valence-electron chi connectivity index (χ3n) is 4.38. The average molecular weight is 427 g/mol. The SMILES string of the molecule is Cc1ccccc1NC(=O)c1ccc(O[C@@H](C)C(=O)Nc2ccc(Cl)cc2F)cc1. The lowest BCUT2D eigenvalue weighted by atomic mass is 10.1. The van der Waals surface area contributed by atoms with Crippen LogP contribution in [0.3, 0.4) is 0 Å². The minimum atomic E-state index is -0.883. The van der Waals surface area contributed by atoms with Gasteiger partial charge in [0.1, 0.15) is 11.6 Å². The predicted octanol–water partition coefficient (Wildman–Crippen LogP) is 5.45. The number of carbonyl (C=O) groups is 2. The molecule has 0 aliphatic heterocycles. The number of anilines is 2. The fourth-order valence-electron chi connectivity index (χ4n) is 2.68. The number of carbonyl (C=O) groups excluding carboxylic acids is 2. The first kappa shape index (κ1) is 21.3. The van der Waals surface area contributed by atoms with Crippen LogP contribution in [0.4, 0.5) is 15.8 Å². The summed E-state index contributed by atoms with van der Waals surface area (Å²) in [5.41, 5.74) is 2.17. The predicted molar refractivity (Wildman–Crippen MR) is 116 cm³/mol. The van der Waals surface area contributed by atoms with Crippen LogP contribution in [0.1, 0.15) is 22.8 Å². The zero-order valence-electron chi connectivity index (χ0n) is 16.4. The van der Waals surface area contributed by atoms with E-state index in [0.29, 0.717) is 11.3 Å². The van der Waals surface area contributed by atoms with E-state index in [4.69, 9.17) is 16.3 Å². The Morgan fingerprint density at radius 2 is 1.67 bits per heavy atom. The van der Waals surface area contributed by atoms with Crippen molar-refractivity contribution in [1.82, 2.24) is 0 Å². The van der Waals surface area contributed by atoms with Crippen molar-refractivity contribution >= 4 is 34.8 Å². The third-order valence-corrected chi connectivity index (χ3v) is 4.62. The number of hydrogen-bond donors (Lipinski definition) is 2. The second-order valence-corrected chi connectivity index (χ2v) is 7.10. The molecule has 7 heteroatoms. The molecule has 0 aliphatic carbocycles. The molecular formula is C23H20ClFN2O3. The summed E-state index contributed by atoms with van der Waals surface area (Å²) in [6.45, 7) is 3.46. The molecule has 154 valence electrons. The van der Waals surface area contributed by atoms with Crippen LogP contribution >= 0.6 is 11.6 Å². The Kier molecular flexibility index (Phi) is 6.69. The van der Waals surface area contributed by atoms with Crippen molar-refractivity contribution < 1.29 is 18.7 Å². The first-order valence-corrected chi connectivity index (χ1v) is 9.61. The number of nitrogens with one attached hydrogen (secondary N) is 2. The van der Waals surface area contributed by atoms with Crippen LogP contribution in [0.5, 0.6) is 5.75 Å². The van der Waals surface area contributed by atoms with Gasteiger partial charge in [-0.2, -0.15) is 0 Å². The number of rotatable bonds is 6. The number of halogens is 2. The van der Waals surface area contributed by atoms with Crippen LogP contribution in [0.2, 0.25) is 5.02 Å². The molecule has 0 spiro atoms. The largest absolute Gasteiger partial charge is 0.481 e. The maximum atomic E-state index is 13.8. The van der Waals surface area contributed by atoms with E-state index in [1.165, 1.54) is 12.1 Å². The Morgan fingerprint density at radius 3 is 2.33 bits per heavy atom. The van der Waals surface area contributed by atoms with Gasteiger partial charge in [-0.05, 0) is 67.9 Å². The third kappa shape index (κ3) is 5.36.